The van der Waals surface area contributed by atoms with Gasteiger partial charge in [-0.15, -0.1) is 6.42 Å². The number of benzene rings is 1. The van der Waals surface area contributed by atoms with E-state index in [1.807, 2.05) is 35.4 Å². The summed E-state index contributed by atoms with van der Waals surface area (Å²) in [6.45, 7) is 4.73. The van der Waals surface area contributed by atoms with Crippen molar-refractivity contribution in [2.75, 3.05) is 6.54 Å². The molecule has 2 aliphatic rings. The van der Waals surface area contributed by atoms with E-state index in [0.29, 0.717) is 35.1 Å². The van der Waals surface area contributed by atoms with E-state index in [2.05, 4.69) is 21.0 Å². The quantitative estimate of drug-likeness (QED) is 0.644. The van der Waals surface area contributed by atoms with E-state index in [4.69, 9.17) is 10.9 Å². The lowest BCUT2D eigenvalue weighted by atomic mass is 10.1. The summed E-state index contributed by atoms with van der Waals surface area (Å²) in [6, 6.07) is 5.43. The van der Waals surface area contributed by atoms with Gasteiger partial charge in [-0.05, 0) is 31.0 Å². The minimum Gasteiger partial charge on any atom is -0.332 e. The predicted molar refractivity (Wildman–Crippen MR) is 102 cm³/mol. The first kappa shape index (κ1) is 16.8. The summed E-state index contributed by atoms with van der Waals surface area (Å²) in [7, 11) is 0. The second-order valence-electron chi connectivity index (χ2n) is 7.49. The molecule has 1 amide bonds. The highest BCUT2D eigenvalue weighted by molar-refractivity contribution is 5.99. The summed E-state index contributed by atoms with van der Waals surface area (Å²) in [6.07, 6.45) is 9.09. The highest BCUT2D eigenvalue weighted by Gasteiger charge is 2.40. The third-order valence-electron chi connectivity index (χ3n) is 5.45. The molecule has 1 atom stereocenters. The largest absolute Gasteiger partial charge is 0.332 e. The Morgan fingerprint density at radius 2 is 2.21 bits per heavy atom. The second-order valence-corrected chi connectivity index (χ2v) is 7.49. The molecule has 5 rings (SSSR count). The Balaban J connectivity index is 1.74. The highest BCUT2D eigenvalue weighted by Crippen LogP contribution is 2.42. The van der Waals surface area contributed by atoms with Crippen LogP contribution in [-0.4, -0.2) is 37.0 Å². The lowest BCUT2D eigenvalue weighted by molar-refractivity contribution is 0.0739. The highest BCUT2D eigenvalue weighted by atomic mass is 16.5. The zero-order valence-electron chi connectivity index (χ0n) is 15.7. The molecule has 2 aliphatic heterocycles. The molecule has 140 valence electrons. The van der Waals surface area contributed by atoms with E-state index >= 15 is 0 Å². The normalized spacial score (nSPS) is 17.9. The average molecular weight is 373 g/mol. The van der Waals surface area contributed by atoms with Gasteiger partial charge in [-0.1, -0.05) is 24.9 Å². The number of aromatic nitrogens is 4. The van der Waals surface area contributed by atoms with E-state index in [-0.39, 0.29) is 17.9 Å². The molecule has 1 aromatic carbocycles. The van der Waals surface area contributed by atoms with Crippen LogP contribution in [-0.2, 0) is 0 Å². The summed E-state index contributed by atoms with van der Waals surface area (Å²) in [5, 5.41) is 4.07. The molecule has 0 N–H and O–H groups in total. The number of hydrogen-bond donors (Lipinski definition) is 0. The number of amides is 1. The van der Waals surface area contributed by atoms with Crippen LogP contribution in [0.4, 0.5) is 0 Å². The predicted octanol–water partition coefficient (Wildman–Crippen LogP) is 3.32. The minimum absolute atomic E-state index is 0.00218. The van der Waals surface area contributed by atoms with Crippen molar-refractivity contribution in [3.05, 3.63) is 47.2 Å². The molecular formula is C21H19N5O2. The van der Waals surface area contributed by atoms with E-state index in [1.165, 1.54) is 0 Å². The molecule has 0 radical (unpaired) electrons. The first-order valence-corrected chi connectivity index (χ1v) is 9.41. The van der Waals surface area contributed by atoms with Gasteiger partial charge in [0.1, 0.15) is 6.33 Å². The van der Waals surface area contributed by atoms with Crippen molar-refractivity contribution >= 4 is 5.91 Å². The van der Waals surface area contributed by atoms with Gasteiger partial charge in [-0.2, -0.15) is 4.98 Å². The molecular weight excluding hydrogens is 354 g/mol. The summed E-state index contributed by atoms with van der Waals surface area (Å²) < 4.78 is 7.48. The first-order valence-electron chi connectivity index (χ1n) is 9.41. The molecule has 1 saturated heterocycles. The van der Waals surface area contributed by atoms with Crippen molar-refractivity contribution in [3.63, 3.8) is 0 Å². The maximum absolute atomic E-state index is 13.3. The fourth-order valence-electron chi connectivity index (χ4n) is 4.05. The lowest BCUT2D eigenvalue weighted by Crippen LogP contribution is -2.29. The Labute approximate surface area is 162 Å². The van der Waals surface area contributed by atoms with Crippen molar-refractivity contribution < 1.29 is 9.32 Å². The number of carbonyl (C=O) groups is 1. The Bertz CT molecular complexity index is 1130. The maximum atomic E-state index is 13.3. The fourth-order valence-corrected chi connectivity index (χ4v) is 4.05. The number of nitrogens with zero attached hydrogens (tertiary/aromatic N) is 5. The fraction of sp³-hybridized carbons (Fsp3) is 0.333. The SMILES string of the molecule is C#Cc1ccc2c(c1)C(=O)N1CCC[C@H]1c1c(-c3nc(C(C)C)no3)ncn1-2. The third-order valence-corrected chi connectivity index (χ3v) is 5.45. The maximum Gasteiger partial charge on any atom is 0.278 e. The van der Waals surface area contributed by atoms with Crippen LogP contribution in [0.2, 0.25) is 0 Å². The van der Waals surface area contributed by atoms with Gasteiger partial charge in [0.2, 0.25) is 0 Å². The molecule has 1 fully saturated rings. The van der Waals surface area contributed by atoms with E-state index < -0.39 is 0 Å². The number of fused-ring (bicyclic) bond motifs is 5. The zero-order chi connectivity index (χ0) is 19.4. The molecule has 0 unspecified atom stereocenters. The van der Waals surface area contributed by atoms with Crippen molar-refractivity contribution in [1.82, 2.24) is 24.6 Å². The number of rotatable bonds is 2. The Morgan fingerprint density at radius 3 is 2.96 bits per heavy atom. The third kappa shape index (κ3) is 2.31. The average Bonchev–Trinajstić information content (AvgIpc) is 3.43. The van der Waals surface area contributed by atoms with Gasteiger partial charge >= 0.3 is 0 Å². The van der Waals surface area contributed by atoms with Gasteiger partial charge in [0.25, 0.3) is 11.8 Å². The van der Waals surface area contributed by atoms with Gasteiger partial charge in [0.15, 0.2) is 11.5 Å². The standard InChI is InChI=1S/C21H19N5O2/c1-4-13-7-8-15-14(10-13)21(27)25-9-5-6-16(25)18-17(22-11-26(15)18)20-23-19(12(2)3)24-28-20/h1,7-8,10-12,16H,5-6,9H2,2-3H3/t16-/m0/s1. The smallest absolute Gasteiger partial charge is 0.278 e. The molecule has 7 nitrogen and oxygen atoms in total. The molecule has 7 heteroatoms. The monoisotopic (exact) mass is 373 g/mol. The lowest BCUT2D eigenvalue weighted by Gasteiger charge is -2.22. The van der Waals surface area contributed by atoms with Crippen LogP contribution in [0.1, 0.15) is 66.1 Å². The molecule has 3 aromatic rings. The number of terminal acetylenes is 1. The van der Waals surface area contributed by atoms with Crippen molar-refractivity contribution in [3.8, 4) is 29.6 Å². The second kappa shape index (κ2) is 6.06. The van der Waals surface area contributed by atoms with Crippen LogP contribution in [0, 0.1) is 12.3 Å². The molecule has 0 aliphatic carbocycles. The number of hydrogen-bond acceptors (Lipinski definition) is 5. The molecule has 0 spiro atoms. The topological polar surface area (TPSA) is 77.1 Å². The van der Waals surface area contributed by atoms with Crippen molar-refractivity contribution in [1.29, 1.82) is 0 Å². The van der Waals surface area contributed by atoms with Crippen LogP contribution >= 0.6 is 0 Å². The van der Waals surface area contributed by atoms with Gasteiger partial charge in [0, 0.05) is 18.0 Å². The van der Waals surface area contributed by atoms with Crippen LogP contribution < -0.4 is 0 Å². The van der Waals surface area contributed by atoms with Crippen LogP contribution in [0.25, 0.3) is 17.3 Å². The van der Waals surface area contributed by atoms with Gasteiger partial charge in [-0.3, -0.25) is 9.36 Å². The van der Waals surface area contributed by atoms with E-state index in [9.17, 15) is 4.79 Å². The molecule has 2 aromatic heterocycles. The Morgan fingerprint density at radius 1 is 1.36 bits per heavy atom. The molecule has 28 heavy (non-hydrogen) atoms. The number of carbonyl (C=O) groups excluding carboxylic acids is 1. The Kier molecular flexibility index (Phi) is 3.63. The van der Waals surface area contributed by atoms with Gasteiger partial charge in [0.05, 0.1) is 23.0 Å². The minimum atomic E-state index is -0.0823. The summed E-state index contributed by atoms with van der Waals surface area (Å²) >= 11 is 0. The van der Waals surface area contributed by atoms with Crippen LogP contribution in [0.3, 0.4) is 0 Å². The molecule has 0 saturated carbocycles. The van der Waals surface area contributed by atoms with Crippen molar-refractivity contribution in [2.24, 2.45) is 0 Å². The van der Waals surface area contributed by atoms with Crippen LogP contribution in [0.15, 0.2) is 29.0 Å². The van der Waals surface area contributed by atoms with E-state index in [1.54, 1.807) is 12.4 Å². The van der Waals surface area contributed by atoms with Gasteiger partial charge in [-0.25, -0.2) is 4.98 Å². The first-order chi connectivity index (χ1) is 13.6. The summed E-state index contributed by atoms with van der Waals surface area (Å²) in [5.74, 6) is 3.81. The molecule has 0 bridgehead atoms. The van der Waals surface area contributed by atoms with Crippen molar-refractivity contribution in [2.45, 2.75) is 38.6 Å². The van der Waals surface area contributed by atoms with Crippen LogP contribution in [0.5, 0.6) is 0 Å². The van der Waals surface area contributed by atoms with Gasteiger partial charge < -0.3 is 9.42 Å². The summed E-state index contributed by atoms with van der Waals surface area (Å²) in [4.78, 5) is 24.3. The molecule has 4 heterocycles. The van der Waals surface area contributed by atoms with E-state index in [0.717, 1.165) is 24.2 Å². The Hall–Kier alpha value is -3.40. The number of imidazole rings is 1. The summed E-state index contributed by atoms with van der Waals surface area (Å²) in [5.41, 5.74) is 3.61. The zero-order valence-corrected chi connectivity index (χ0v) is 15.7.